The summed E-state index contributed by atoms with van der Waals surface area (Å²) >= 11 is 0. The van der Waals surface area contributed by atoms with E-state index in [0.717, 1.165) is 29.7 Å². The van der Waals surface area contributed by atoms with Gasteiger partial charge in [-0.15, -0.1) is 0 Å². The average Bonchev–Trinajstić information content (AvgIpc) is 2.93. The van der Waals surface area contributed by atoms with Crippen LogP contribution < -0.4 is 5.32 Å². The lowest BCUT2D eigenvalue weighted by atomic mass is 9.73. The van der Waals surface area contributed by atoms with Crippen LogP contribution in [0.15, 0.2) is 30.3 Å². The van der Waals surface area contributed by atoms with Gasteiger partial charge in [0.05, 0.1) is 6.61 Å². The minimum atomic E-state index is -0.841. The van der Waals surface area contributed by atoms with Gasteiger partial charge in [-0.2, -0.15) is 0 Å². The maximum atomic E-state index is 13.1. The molecule has 0 aromatic heterocycles. The number of amides is 4. The van der Waals surface area contributed by atoms with Crippen molar-refractivity contribution in [2.75, 3.05) is 26.8 Å². The van der Waals surface area contributed by atoms with Gasteiger partial charge in [-0.05, 0) is 24.3 Å². The number of methoxy groups -OCH3 is 1. The topological polar surface area (TPSA) is 79.0 Å². The number of rotatable bonds is 7. The highest BCUT2D eigenvalue weighted by Crippen LogP contribution is 2.38. The lowest BCUT2D eigenvalue weighted by molar-refractivity contribution is -0.141. The van der Waals surface area contributed by atoms with Crippen LogP contribution in [0, 0.1) is 5.92 Å². The van der Waals surface area contributed by atoms with Crippen LogP contribution in [0.1, 0.15) is 38.2 Å². The van der Waals surface area contributed by atoms with Crippen LogP contribution >= 0.6 is 0 Å². The van der Waals surface area contributed by atoms with E-state index in [1.165, 1.54) is 0 Å². The smallest absolute Gasteiger partial charge is 0.325 e. The van der Waals surface area contributed by atoms with E-state index in [9.17, 15) is 14.4 Å². The Balaban J connectivity index is 1.71. The molecule has 3 rings (SSSR count). The summed E-state index contributed by atoms with van der Waals surface area (Å²) in [6.07, 6.45) is 3.52. The van der Waals surface area contributed by atoms with Crippen LogP contribution in [-0.2, 0) is 20.9 Å². The lowest BCUT2D eigenvalue weighted by Crippen LogP contribution is -2.54. The summed E-state index contributed by atoms with van der Waals surface area (Å²) in [5.41, 5.74) is 0.147. The summed E-state index contributed by atoms with van der Waals surface area (Å²) in [6, 6.07) is 9.18. The number of nitrogens with one attached hydrogen (secondary N) is 1. The molecule has 7 heteroatoms. The molecule has 1 aliphatic carbocycles. The van der Waals surface area contributed by atoms with Gasteiger partial charge < -0.3 is 15.0 Å². The van der Waals surface area contributed by atoms with E-state index in [4.69, 9.17) is 4.74 Å². The normalized spacial score (nSPS) is 24.5. The molecule has 1 N–H and O–H groups in total. The Morgan fingerprint density at radius 3 is 2.71 bits per heavy atom. The van der Waals surface area contributed by atoms with Gasteiger partial charge in [-0.1, -0.05) is 50.1 Å². The first-order chi connectivity index (χ1) is 13.5. The standard InChI is InChI=1S/C21H29N3O4/c1-16-8-6-7-11-21(16)19(26)24(20(27)22-21)15-18(25)23(12-13-28-2)14-17-9-4-3-5-10-17/h3-5,9-10,16H,6-8,11-15H2,1-2H3,(H,22,27)/t16-,21-/m1/s1. The molecular weight excluding hydrogens is 358 g/mol. The van der Waals surface area contributed by atoms with Gasteiger partial charge >= 0.3 is 6.03 Å². The number of benzene rings is 1. The van der Waals surface area contributed by atoms with Gasteiger partial charge in [0.15, 0.2) is 0 Å². The van der Waals surface area contributed by atoms with Gasteiger partial charge in [-0.3, -0.25) is 14.5 Å². The third-order valence-electron chi connectivity index (χ3n) is 5.93. The van der Waals surface area contributed by atoms with Crippen LogP contribution in [0.3, 0.4) is 0 Å². The minimum absolute atomic E-state index is 0.0757. The van der Waals surface area contributed by atoms with Gasteiger partial charge in [0, 0.05) is 20.2 Å². The summed E-state index contributed by atoms with van der Waals surface area (Å²) in [5.74, 6) is -0.443. The largest absolute Gasteiger partial charge is 0.383 e. The summed E-state index contributed by atoms with van der Waals surface area (Å²) < 4.78 is 5.12. The van der Waals surface area contributed by atoms with E-state index >= 15 is 0 Å². The minimum Gasteiger partial charge on any atom is -0.383 e. The maximum absolute atomic E-state index is 13.1. The lowest BCUT2D eigenvalue weighted by Gasteiger charge is -2.36. The highest BCUT2D eigenvalue weighted by Gasteiger charge is 2.55. The predicted molar refractivity (Wildman–Crippen MR) is 104 cm³/mol. The molecular formula is C21H29N3O4. The molecule has 1 saturated heterocycles. The van der Waals surface area contributed by atoms with E-state index in [0.29, 0.717) is 26.1 Å². The third-order valence-corrected chi connectivity index (χ3v) is 5.93. The van der Waals surface area contributed by atoms with Crippen molar-refractivity contribution >= 4 is 17.8 Å². The first-order valence-electron chi connectivity index (χ1n) is 9.92. The second kappa shape index (κ2) is 8.73. The fourth-order valence-corrected chi connectivity index (χ4v) is 4.17. The molecule has 7 nitrogen and oxygen atoms in total. The molecule has 2 atom stereocenters. The van der Waals surface area contributed by atoms with Crippen molar-refractivity contribution in [2.45, 2.75) is 44.7 Å². The molecule has 1 aromatic carbocycles. The Morgan fingerprint density at radius 1 is 1.29 bits per heavy atom. The maximum Gasteiger partial charge on any atom is 0.325 e. The van der Waals surface area contributed by atoms with Crippen LogP contribution in [0.5, 0.6) is 0 Å². The molecule has 1 aliphatic heterocycles. The van der Waals surface area contributed by atoms with E-state index in [1.54, 1.807) is 12.0 Å². The molecule has 2 aliphatic rings. The van der Waals surface area contributed by atoms with Crippen molar-refractivity contribution in [2.24, 2.45) is 5.92 Å². The number of hydrogen-bond donors (Lipinski definition) is 1. The summed E-state index contributed by atoms with van der Waals surface area (Å²) in [7, 11) is 1.58. The van der Waals surface area contributed by atoms with Gasteiger partial charge in [0.1, 0.15) is 12.1 Å². The van der Waals surface area contributed by atoms with Crippen molar-refractivity contribution < 1.29 is 19.1 Å². The van der Waals surface area contributed by atoms with Gasteiger partial charge in [0.25, 0.3) is 5.91 Å². The van der Waals surface area contributed by atoms with Crippen molar-refractivity contribution in [3.05, 3.63) is 35.9 Å². The Hall–Kier alpha value is -2.41. The Morgan fingerprint density at radius 2 is 2.04 bits per heavy atom. The average molecular weight is 387 g/mol. The number of carbonyl (C=O) groups excluding carboxylic acids is 3. The quantitative estimate of drug-likeness (QED) is 0.727. The second-order valence-corrected chi connectivity index (χ2v) is 7.73. The zero-order chi connectivity index (χ0) is 20.1. The van der Waals surface area contributed by atoms with E-state index in [2.05, 4.69) is 5.32 Å². The first kappa shape index (κ1) is 20.3. The highest BCUT2D eigenvalue weighted by molar-refractivity contribution is 6.09. The van der Waals surface area contributed by atoms with Crippen LogP contribution in [0.25, 0.3) is 0 Å². The number of imide groups is 1. The highest BCUT2D eigenvalue weighted by atomic mass is 16.5. The molecule has 4 amide bonds. The van der Waals surface area contributed by atoms with Crippen molar-refractivity contribution in [1.29, 1.82) is 0 Å². The van der Waals surface area contributed by atoms with Crippen molar-refractivity contribution in [3.8, 4) is 0 Å². The third kappa shape index (κ3) is 4.04. The van der Waals surface area contributed by atoms with Crippen LogP contribution in [-0.4, -0.2) is 60.0 Å². The fraction of sp³-hybridized carbons (Fsp3) is 0.571. The van der Waals surface area contributed by atoms with Crippen LogP contribution in [0.2, 0.25) is 0 Å². The fourth-order valence-electron chi connectivity index (χ4n) is 4.17. The monoisotopic (exact) mass is 387 g/mol. The number of hydrogen-bond acceptors (Lipinski definition) is 4. The zero-order valence-corrected chi connectivity index (χ0v) is 16.6. The second-order valence-electron chi connectivity index (χ2n) is 7.73. The van der Waals surface area contributed by atoms with E-state index in [-0.39, 0.29) is 24.3 Å². The zero-order valence-electron chi connectivity index (χ0n) is 16.6. The molecule has 0 bridgehead atoms. The molecule has 1 spiro atoms. The predicted octanol–water partition coefficient (Wildman–Crippen LogP) is 2.16. The summed E-state index contributed by atoms with van der Waals surface area (Å²) in [5, 5.41) is 2.90. The SMILES string of the molecule is COCCN(Cc1ccccc1)C(=O)CN1C(=O)N[C@@]2(CCCC[C@H]2C)C1=O. The Kier molecular flexibility index (Phi) is 6.34. The number of carbonyl (C=O) groups is 3. The molecule has 0 unspecified atom stereocenters. The number of nitrogens with zero attached hydrogens (tertiary/aromatic N) is 2. The van der Waals surface area contributed by atoms with Crippen LogP contribution in [0.4, 0.5) is 4.79 Å². The molecule has 1 heterocycles. The Bertz CT molecular complexity index is 724. The van der Waals surface area contributed by atoms with Gasteiger partial charge in [0.2, 0.25) is 5.91 Å². The van der Waals surface area contributed by atoms with E-state index in [1.807, 2.05) is 37.3 Å². The summed E-state index contributed by atoms with van der Waals surface area (Å²) in [6.45, 7) is 2.96. The number of urea groups is 1. The molecule has 1 saturated carbocycles. The van der Waals surface area contributed by atoms with Gasteiger partial charge in [-0.25, -0.2) is 4.79 Å². The first-order valence-corrected chi connectivity index (χ1v) is 9.92. The summed E-state index contributed by atoms with van der Waals surface area (Å²) in [4.78, 5) is 41.3. The molecule has 1 aromatic rings. The Labute approximate surface area is 166 Å². The van der Waals surface area contributed by atoms with Crippen molar-refractivity contribution in [3.63, 3.8) is 0 Å². The van der Waals surface area contributed by atoms with Crippen molar-refractivity contribution in [1.82, 2.24) is 15.1 Å². The molecule has 28 heavy (non-hydrogen) atoms. The number of ether oxygens (including phenoxy) is 1. The van der Waals surface area contributed by atoms with E-state index < -0.39 is 11.6 Å². The molecule has 152 valence electrons. The molecule has 0 radical (unpaired) electrons. The molecule has 2 fully saturated rings.